The number of benzene rings is 3. The number of sulfone groups is 1. The van der Waals surface area contributed by atoms with E-state index >= 15 is 0 Å². The second-order valence-corrected chi connectivity index (χ2v) is 8.92. The Kier molecular flexibility index (Phi) is 5.22. The van der Waals surface area contributed by atoms with Crippen molar-refractivity contribution in [3.8, 4) is 22.6 Å². The number of hydrogen-bond acceptors (Lipinski definition) is 4. The van der Waals surface area contributed by atoms with E-state index in [2.05, 4.69) is 4.98 Å². The van der Waals surface area contributed by atoms with Crippen molar-refractivity contribution in [1.29, 1.82) is 0 Å². The monoisotopic (exact) mass is 425 g/mol. The molecule has 0 saturated carbocycles. The fourth-order valence-corrected chi connectivity index (χ4v) is 3.78. The molecular weight excluding hydrogens is 408 g/mol. The summed E-state index contributed by atoms with van der Waals surface area (Å²) in [6, 6.07) is 18.8. The minimum absolute atomic E-state index is 0.161. The van der Waals surface area contributed by atoms with Crippen LogP contribution in [0.2, 0.25) is 0 Å². The Balaban J connectivity index is 1.83. The zero-order valence-corrected chi connectivity index (χ0v) is 16.8. The fourth-order valence-electron chi connectivity index (χ4n) is 3.15. The zero-order chi connectivity index (χ0) is 21.3. The average molecular weight is 425 g/mol. The highest BCUT2D eigenvalue weighted by molar-refractivity contribution is 7.90. The average Bonchev–Trinajstić information content (AvgIpc) is 3.11. The van der Waals surface area contributed by atoms with Crippen LogP contribution >= 0.6 is 0 Å². The molecule has 0 bridgehead atoms. The summed E-state index contributed by atoms with van der Waals surface area (Å²) in [4.78, 5) is 4.65. The summed E-state index contributed by atoms with van der Waals surface area (Å²) < 4.78 is 57.1. The van der Waals surface area contributed by atoms with E-state index in [1.54, 1.807) is 12.1 Å². The number of hydrogen-bond donors (Lipinski definition) is 0. The van der Waals surface area contributed by atoms with Gasteiger partial charge in [-0.15, -0.1) is 0 Å². The first kappa shape index (κ1) is 20.0. The molecule has 0 aliphatic carbocycles. The highest BCUT2D eigenvalue weighted by Crippen LogP contribution is 2.34. The van der Waals surface area contributed by atoms with Crippen LogP contribution in [0.5, 0.6) is 0 Å². The van der Waals surface area contributed by atoms with Crippen LogP contribution in [0.3, 0.4) is 0 Å². The Morgan fingerprint density at radius 1 is 0.867 bits per heavy atom. The van der Waals surface area contributed by atoms with E-state index in [9.17, 15) is 17.2 Å². The Morgan fingerprint density at radius 2 is 1.50 bits per heavy atom. The predicted octanol–water partition coefficient (Wildman–Crippen LogP) is 5.28. The van der Waals surface area contributed by atoms with Crippen molar-refractivity contribution in [2.24, 2.45) is 0 Å². The van der Waals surface area contributed by atoms with Gasteiger partial charge in [-0.1, -0.05) is 30.3 Å². The van der Waals surface area contributed by atoms with Crippen LogP contribution in [0.15, 0.2) is 82.1 Å². The van der Waals surface area contributed by atoms with Crippen molar-refractivity contribution in [1.82, 2.24) is 4.98 Å². The summed E-state index contributed by atoms with van der Waals surface area (Å²) in [6.45, 7) is 0. The molecule has 0 aliphatic rings. The van der Waals surface area contributed by atoms with Crippen LogP contribution in [0.25, 0.3) is 22.6 Å². The maximum absolute atomic E-state index is 13.8. The lowest BCUT2D eigenvalue weighted by Crippen LogP contribution is -1.96. The minimum Gasteiger partial charge on any atom is -0.440 e. The van der Waals surface area contributed by atoms with Crippen molar-refractivity contribution in [2.45, 2.75) is 11.3 Å². The van der Waals surface area contributed by atoms with Gasteiger partial charge in [0.2, 0.25) is 0 Å². The largest absolute Gasteiger partial charge is 0.440 e. The van der Waals surface area contributed by atoms with Crippen LogP contribution in [-0.2, 0) is 16.3 Å². The van der Waals surface area contributed by atoms with Gasteiger partial charge < -0.3 is 4.42 Å². The molecule has 0 amide bonds. The maximum atomic E-state index is 13.8. The van der Waals surface area contributed by atoms with Gasteiger partial charge >= 0.3 is 0 Å². The first-order chi connectivity index (χ1) is 14.3. The van der Waals surface area contributed by atoms with Gasteiger partial charge in [0.05, 0.1) is 4.90 Å². The molecule has 152 valence electrons. The number of oxazole rings is 1. The number of rotatable bonds is 5. The summed E-state index contributed by atoms with van der Waals surface area (Å²) in [5.41, 5.74) is 2.03. The van der Waals surface area contributed by atoms with E-state index in [0.717, 1.165) is 17.9 Å². The maximum Gasteiger partial charge on any atom is 0.199 e. The summed E-state index contributed by atoms with van der Waals surface area (Å²) in [5, 5.41) is 0. The summed E-state index contributed by atoms with van der Waals surface area (Å²) in [6.07, 6.45) is 1.52. The molecule has 30 heavy (non-hydrogen) atoms. The lowest BCUT2D eigenvalue weighted by atomic mass is 10.1. The van der Waals surface area contributed by atoms with Gasteiger partial charge in [-0.25, -0.2) is 22.2 Å². The molecule has 1 aromatic heterocycles. The Hall–Kier alpha value is -3.32. The van der Waals surface area contributed by atoms with Gasteiger partial charge in [0, 0.05) is 29.9 Å². The van der Waals surface area contributed by atoms with Gasteiger partial charge in [0.1, 0.15) is 17.3 Å². The molecule has 4 rings (SSSR count). The van der Waals surface area contributed by atoms with Crippen molar-refractivity contribution >= 4 is 9.84 Å². The normalized spacial score (nSPS) is 11.6. The van der Waals surface area contributed by atoms with E-state index in [0.29, 0.717) is 23.6 Å². The summed E-state index contributed by atoms with van der Waals surface area (Å²) in [5.74, 6) is -0.763. The highest BCUT2D eigenvalue weighted by atomic mass is 32.2. The molecular formula is C23H17F2NO3S. The standard InChI is InChI=1S/C23H17F2NO3S/c1-30(27,28)20-9-7-16(8-10-20)23-22(17-12-18(24)14-19(25)13-17)26-21(29-23)11-15-5-3-2-4-6-15/h2-10,12-14H,11H2,1H3. The Morgan fingerprint density at radius 3 is 2.10 bits per heavy atom. The third-order valence-corrected chi connectivity index (χ3v) is 5.68. The topological polar surface area (TPSA) is 60.2 Å². The van der Waals surface area contributed by atoms with Crippen LogP contribution in [0.4, 0.5) is 8.78 Å². The molecule has 0 aliphatic heterocycles. The Bertz CT molecular complexity index is 1280. The van der Waals surface area contributed by atoms with E-state index in [-0.39, 0.29) is 16.2 Å². The summed E-state index contributed by atoms with van der Waals surface area (Å²) in [7, 11) is -3.36. The van der Waals surface area contributed by atoms with Crippen LogP contribution < -0.4 is 0 Å². The van der Waals surface area contributed by atoms with Gasteiger partial charge in [-0.3, -0.25) is 0 Å². The third-order valence-electron chi connectivity index (χ3n) is 4.55. The van der Waals surface area contributed by atoms with Crippen molar-refractivity contribution in [2.75, 3.05) is 6.26 Å². The molecule has 4 nitrogen and oxygen atoms in total. The van der Waals surface area contributed by atoms with Gasteiger partial charge in [-0.05, 0) is 42.0 Å². The van der Waals surface area contributed by atoms with Crippen LogP contribution in [-0.4, -0.2) is 19.7 Å². The highest BCUT2D eigenvalue weighted by Gasteiger charge is 2.19. The first-order valence-corrected chi connectivity index (χ1v) is 11.0. The lowest BCUT2D eigenvalue weighted by Gasteiger charge is -2.04. The smallest absolute Gasteiger partial charge is 0.199 e. The molecule has 0 radical (unpaired) electrons. The molecule has 0 saturated heterocycles. The second kappa shape index (κ2) is 7.84. The van der Waals surface area contributed by atoms with E-state index in [1.807, 2.05) is 30.3 Å². The third kappa shape index (κ3) is 4.31. The molecule has 0 spiro atoms. The molecule has 0 atom stereocenters. The van der Waals surface area contributed by atoms with Crippen LogP contribution in [0, 0.1) is 11.6 Å². The van der Waals surface area contributed by atoms with Gasteiger partial charge in [-0.2, -0.15) is 0 Å². The molecule has 0 fully saturated rings. The summed E-state index contributed by atoms with van der Waals surface area (Å²) >= 11 is 0. The fraction of sp³-hybridized carbons (Fsp3) is 0.0870. The molecule has 1 heterocycles. The lowest BCUT2D eigenvalue weighted by molar-refractivity contribution is 0.519. The second-order valence-electron chi connectivity index (χ2n) is 6.90. The minimum atomic E-state index is -3.36. The van der Waals surface area contributed by atoms with Gasteiger partial charge in [0.15, 0.2) is 21.5 Å². The molecule has 4 aromatic rings. The Labute approximate surface area is 172 Å². The zero-order valence-electron chi connectivity index (χ0n) is 16.0. The SMILES string of the molecule is CS(=O)(=O)c1ccc(-c2oc(Cc3ccccc3)nc2-c2cc(F)cc(F)c2)cc1. The van der Waals surface area contributed by atoms with E-state index < -0.39 is 21.5 Å². The van der Waals surface area contributed by atoms with Crippen LogP contribution in [0.1, 0.15) is 11.5 Å². The van der Waals surface area contributed by atoms with Gasteiger partial charge in [0.25, 0.3) is 0 Å². The van der Waals surface area contributed by atoms with Crippen molar-refractivity contribution in [3.63, 3.8) is 0 Å². The molecule has 3 aromatic carbocycles. The number of aromatic nitrogens is 1. The van der Waals surface area contributed by atoms with Crippen molar-refractivity contribution in [3.05, 3.63) is 95.9 Å². The van der Waals surface area contributed by atoms with Crippen molar-refractivity contribution < 1.29 is 21.6 Å². The number of halogens is 2. The van der Waals surface area contributed by atoms with E-state index in [4.69, 9.17) is 4.42 Å². The predicted molar refractivity (Wildman–Crippen MR) is 110 cm³/mol. The quantitative estimate of drug-likeness (QED) is 0.436. The number of nitrogens with zero attached hydrogens (tertiary/aromatic N) is 1. The molecule has 7 heteroatoms. The first-order valence-electron chi connectivity index (χ1n) is 9.10. The molecule has 0 unspecified atom stereocenters. The molecule has 0 N–H and O–H groups in total. The van der Waals surface area contributed by atoms with E-state index in [1.165, 1.54) is 24.3 Å².